The van der Waals surface area contributed by atoms with Crippen LogP contribution in [0.25, 0.3) is 0 Å². The summed E-state index contributed by atoms with van der Waals surface area (Å²) in [6, 6.07) is 0. The van der Waals surface area contributed by atoms with E-state index in [9.17, 15) is 9.59 Å². The maximum atomic E-state index is 11.6. The van der Waals surface area contributed by atoms with Crippen LogP contribution in [-0.4, -0.2) is 40.5 Å². The van der Waals surface area contributed by atoms with E-state index in [2.05, 4.69) is 4.98 Å². The van der Waals surface area contributed by atoms with E-state index >= 15 is 0 Å². The minimum Gasteiger partial charge on any atom is -0.481 e. The molecule has 0 radical (unpaired) electrons. The summed E-state index contributed by atoms with van der Waals surface area (Å²) in [5, 5.41) is 11.4. The average Bonchev–Trinajstić information content (AvgIpc) is 2.78. The van der Waals surface area contributed by atoms with Crippen molar-refractivity contribution in [1.29, 1.82) is 0 Å². The van der Waals surface area contributed by atoms with Gasteiger partial charge in [0.15, 0.2) is 0 Å². The topological polar surface area (TPSA) is 70.5 Å². The molecule has 6 heteroatoms. The first kappa shape index (κ1) is 13.6. The van der Waals surface area contributed by atoms with Crippen molar-refractivity contribution in [3.63, 3.8) is 0 Å². The van der Waals surface area contributed by atoms with E-state index in [-0.39, 0.29) is 24.7 Å². The second kappa shape index (κ2) is 6.34. The first-order valence-electron chi connectivity index (χ1n) is 5.36. The maximum absolute atomic E-state index is 11.6. The normalized spacial score (nSPS) is 12.1. The van der Waals surface area contributed by atoms with Gasteiger partial charge in [-0.1, -0.05) is 6.92 Å². The summed E-state index contributed by atoms with van der Waals surface area (Å²) in [7, 11) is 1.69. The molecule has 0 aromatic carbocycles. The van der Waals surface area contributed by atoms with Crippen molar-refractivity contribution in [2.75, 3.05) is 13.6 Å². The van der Waals surface area contributed by atoms with E-state index in [1.54, 1.807) is 29.5 Å². The summed E-state index contributed by atoms with van der Waals surface area (Å²) >= 11 is 1.56. The highest BCUT2D eigenvalue weighted by molar-refractivity contribution is 7.09. The molecule has 1 atom stereocenters. The van der Waals surface area contributed by atoms with Crippen molar-refractivity contribution in [3.8, 4) is 0 Å². The van der Waals surface area contributed by atoms with Crippen LogP contribution in [0.4, 0.5) is 0 Å². The van der Waals surface area contributed by atoms with Gasteiger partial charge in [0.1, 0.15) is 0 Å². The molecule has 1 N–H and O–H groups in total. The number of aliphatic carboxylic acids is 1. The molecule has 0 fully saturated rings. The van der Waals surface area contributed by atoms with Crippen LogP contribution in [0, 0.1) is 0 Å². The van der Waals surface area contributed by atoms with E-state index in [0.717, 1.165) is 5.01 Å². The molecule has 0 bridgehead atoms. The zero-order chi connectivity index (χ0) is 12.8. The summed E-state index contributed by atoms with van der Waals surface area (Å²) in [6.07, 6.45) is 1.67. The van der Waals surface area contributed by atoms with E-state index in [1.807, 2.05) is 12.3 Å². The van der Waals surface area contributed by atoms with Gasteiger partial charge in [-0.25, -0.2) is 4.98 Å². The zero-order valence-corrected chi connectivity index (χ0v) is 10.7. The number of nitrogens with zero attached hydrogens (tertiary/aromatic N) is 2. The van der Waals surface area contributed by atoms with Gasteiger partial charge in [-0.15, -0.1) is 11.3 Å². The molecule has 17 heavy (non-hydrogen) atoms. The predicted octanol–water partition coefficient (Wildman–Crippen LogP) is 1.57. The van der Waals surface area contributed by atoms with Crippen molar-refractivity contribution >= 4 is 23.2 Å². The molecule has 0 saturated carbocycles. The molecule has 5 nitrogen and oxygen atoms in total. The van der Waals surface area contributed by atoms with Gasteiger partial charge in [-0.3, -0.25) is 9.59 Å². The molecule has 0 spiro atoms. The molecular weight excluding hydrogens is 240 g/mol. The molecule has 1 aromatic rings. The van der Waals surface area contributed by atoms with Crippen LogP contribution in [0.1, 0.15) is 30.7 Å². The summed E-state index contributed by atoms with van der Waals surface area (Å²) < 4.78 is 0. The Labute approximate surface area is 104 Å². The lowest BCUT2D eigenvalue weighted by Crippen LogP contribution is -2.30. The fraction of sp³-hybridized carbons (Fsp3) is 0.545. The highest BCUT2D eigenvalue weighted by Crippen LogP contribution is 2.18. The summed E-state index contributed by atoms with van der Waals surface area (Å²) in [6.45, 7) is 2.56. The summed E-state index contributed by atoms with van der Waals surface area (Å²) in [5.41, 5.74) is 0. The third-order valence-electron chi connectivity index (χ3n) is 2.40. The molecular formula is C11H16N2O3S. The second-order valence-corrected chi connectivity index (χ2v) is 4.87. The maximum Gasteiger partial charge on any atom is 0.303 e. The van der Waals surface area contributed by atoms with E-state index in [0.29, 0.717) is 6.54 Å². The Morgan fingerprint density at radius 3 is 2.76 bits per heavy atom. The second-order valence-electron chi connectivity index (χ2n) is 3.94. The Morgan fingerprint density at radius 1 is 1.53 bits per heavy atom. The van der Waals surface area contributed by atoms with Crippen LogP contribution >= 0.6 is 11.3 Å². The Kier molecular flexibility index (Phi) is 5.09. The first-order chi connectivity index (χ1) is 8.00. The van der Waals surface area contributed by atoms with Crippen LogP contribution in [-0.2, 0) is 9.59 Å². The van der Waals surface area contributed by atoms with Crippen LogP contribution in [0.3, 0.4) is 0 Å². The number of rotatable bonds is 6. The number of likely N-dealkylation sites (N-methyl/N-ethyl adjacent to an activating group) is 1. The lowest BCUT2D eigenvalue weighted by Gasteiger charge is -2.20. The summed E-state index contributed by atoms with van der Waals surface area (Å²) in [5.74, 6) is -0.913. The van der Waals surface area contributed by atoms with Crippen molar-refractivity contribution in [1.82, 2.24) is 9.88 Å². The predicted molar refractivity (Wildman–Crippen MR) is 65.0 cm³/mol. The first-order valence-corrected chi connectivity index (χ1v) is 6.23. The molecule has 1 unspecified atom stereocenters. The Balaban J connectivity index is 2.40. The molecule has 1 amide bonds. The summed E-state index contributed by atoms with van der Waals surface area (Å²) in [4.78, 5) is 27.7. The molecule has 0 saturated heterocycles. The highest BCUT2D eigenvalue weighted by atomic mass is 32.1. The van der Waals surface area contributed by atoms with Crippen molar-refractivity contribution in [3.05, 3.63) is 16.6 Å². The monoisotopic (exact) mass is 256 g/mol. The Hall–Kier alpha value is -1.43. The third-order valence-corrected chi connectivity index (χ3v) is 3.41. The number of carboxylic acids is 1. The molecule has 1 heterocycles. The molecule has 0 aliphatic rings. The number of hydrogen-bond acceptors (Lipinski definition) is 4. The van der Waals surface area contributed by atoms with E-state index < -0.39 is 5.97 Å². The number of carbonyl (C=O) groups excluding carboxylic acids is 1. The number of thiazole rings is 1. The van der Waals surface area contributed by atoms with Gasteiger partial charge < -0.3 is 10.0 Å². The van der Waals surface area contributed by atoms with Gasteiger partial charge >= 0.3 is 5.97 Å². The van der Waals surface area contributed by atoms with E-state index in [4.69, 9.17) is 5.11 Å². The van der Waals surface area contributed by atoms with Gasteiger partial charge in [0.25, 0.3) is 0 Å². The largest absolute Gasteiger partial charge is 0.481 e. The zero-order valence-electron chi connectivity index (χ0n) is 9.92. The van der Waals surface area contributed by atoms with Crippen LogP contribution in [0.2, 0.25) is 0 Å². The number of hydrogen-bond donors (Lipinski definition) is 1. The Morgan fingerprint density at radius 2 is 2.24 bits per heavy atom. The lowest BCUT2D eigenvalue weighted by atomic mass is 10.1. The molecule has 0 aliphatic heterocycles. The molecule has 0 aliphatic carbocycles. The fourth-order valence-electron chi connectivity index (χ4n) is 1.47. The van der Waals surface area contributed by atoms with Gasteiger partial charge in [0, 0.05) is 37.5 Å². The van der Waals surface area contributed by atoms with Crippen LogP contribution in [0.5, 0.6) is 0 Å². The smallest absolute Gasteiger partial charge is 0.303 e. The highest BCUT2D eigenvalue weighted by Gasteiger charge is 2.16. The number of carbonyl (C=O) groups is 2. The van der Waals surface area contributed by atoms with Crippen molar-refractivity contribution in [2.24, 2.45) is 0 Å². The van der Waals surface area contributed by atoms with Gasteiger partial charge in [0.05, 0.1) is 11.4 Å². The lowest BCUT2D eigenvalue weighted by molar-refractivity contribution is -0.140. The van der Waals surface area contributed by atoms with Crippen molar-refractivity contribution in [2.45, 2.75) is 25.7 Å². The molecule has 1 aromatic heterocycles. The molecule has 1 rings (SSSR count). The van der Waals surface area contributed by atoms with Gasteiger partial charge in [-0.2, -0.15) is 0 Å². The third kappa shape index (κ3) is 4.52. The van der Waals surface area contributed by atoms with Gasteiger partial charge in [0.2, 0.25) is 5.91 Å². The number of amides is 1. The average molecular weight is 256 g/mol. The van der Waals surface area contributed by atoms with Crippen LogP contribution < -0.4 is 0 Å². The molecule has 94 valence electrons. The minimum absolute atomic E-state index is 0.0520. The standard InChI is InChI=1S/C11H16N2O3S/c1-8(11-12-5-6-17-11)7-13(2)9(14)3-4-10(15)16/h5-6,8H,3-4,7H2,1-2H3,(H,15,16). The van der Waals surface area contributed by atoms with E-state index in [1.165, 1.54) is 0 Å². The Bertz CT molecular complexity index is 378. The fourth-order valence-corrected chi connectivity index (χ4v) is 2.16. The van der Waals surface area contributed by atoms with Gasteiger partial charge in [-0.05, 0) is 0 Å². The number of aromatic nitrogens is 1. The van der Waals surface area contributed by atoms with Crippen LogP contribution in [0.15, 0.2) is 11.6 Å². The quantitative estimate of drug-likeness (QED) is 0.838. The SMILES string of the molecule is CC(CN(C)C(=O)CCC(=O)O)c1nccs1. The number of carboxylic acid groups (broad SMARTS) is 1. The minimum atomic E-state index is -0.945. The van der Waals surface area contributed by atoms with Crippen molar-refractivity contribution < 1.29 is 14.7 Å².